The van der Waals surface area contributed by atoms with Gasteiger partial charge >= 0.3 is 0 Å². The molecule has 1 aliphatic rings. The van der Waals surface area contributed by atoms with Gasteiger partial charge < -0.3 is 5.43 Å². The van der Waals surface area contributed by atoms with Crippen LogP contribution in [0, 0.1) is 0 Å². The Kier molecular flexibility index (Phi) is 4.16. The predicted octanol–water partition coefficient (Wildman–Crippen LogP) is 2.21. The Labute approximate surface area is 133 Å². The van der Waals surface area contributed by atoms with Gasteiger partial charge in [0, 0.05) is 5.56 Å². The Balaban J connectivity index is 1.73. The molecule has 0 bridgehead atoms. The molecule has 2 aromatic carbocycles. The number of hydrazine groups is 1. The lowest BCUT2D eigenvalue weighted by molar-refractivity contribution is -0.118. The van der Waals surface area contributed by atoms with Crippen LogP contribution in [0.5, 0.6) is 0 Å². The third kappa shape index (κ3) is 2.97. The molecule has 23 heavy (non-hydrogen) atoms. The average Bonchev–Trinajstić information content (AvgIpc) is 2.88. The summed E-state index contributed by atoms with van der Waals surface area (Å²) >= 11 is 0. The first-order chi connectivity index (χ1) is 11.2. The molecule has 1 atom stereocenters. The molecule has 0 saturated carbocycles. The van der Waals surface area contributed by atoms with Crippen molar-refractivity contribution in [3.05, 3.63) is 60.2 Å². The van der Waals surface area contributed by atoms with Crippen molar-refractivity contribution in [2.45, 2.75) is 13.0 Å². The van der Waals surface area contributed by atoms with Crippen molar-refractivity contribution in [3.63, 3.8) is 0 Å². The molecule has 116 valence electrons. The number of hydrogen-bond acceptors (Lipinski definition) is 5. The van der Waals surface area contributed by atoms with Gasteiger partial charge in [-0.05, 0) is 31.2 Å². The van der Waals surface area contributed by atoms with E-state index in [9.17, 15) is 9.59 Å². The Hall–Kier alpha value is -2.99. The number of nitrogens with one attached hydrogen (secondary N) is 2. The fourth-order valence-corrected chi connectivity index (χ4v) is 2.35. The van der Waals surface area contributed by atoms with Gasteiger partial charge in [-0.3, -0.25) is 9.59 Å². The molecule has 2 N–H and O–H groups in total. The SMILES string of the molecule is CC1=NN(c2ccccc2)C(=O)C1NNc1ccccc1C=O. The topological polar surface area (TPSA) is 73.8 Å². The van der Waals surface area contributed by atoms with E-state index in [1.165, 1.54) is 5.01 Å². The zero-order valence-electron chi connectivity index (χ0n) is 12.6. The monoisotopic (exact) mass is 308 g/mol. The van der Waals surface area contributed by atoms with Crippen molar-refractivity contribution in [1.29, 1.82) is 0 Å². The third-order valence-corrected chi connectivity index (χ3v) is 3.57. The summed E-state index contributed by atoms with van der Waals surface area (Å²) in [5.41, 5.74) is 8.36. The largest absolute Gasteiger partial charge is 0.320 e. The number of carbonyl (C=O) groups is 2. The fraction of sp³-hybridized carbons (Fsp3) is 0.118. The second kappa shape index (κ2) is 6.41. The molecule has 1 unspecified atom stereocenters. The number of hydrazone groups is 1. The van der Waals surface area contributed by atoms with Crippen LogP contribution in [0.15, 0.2) is 59.7 Å². The van der Waals surface area contributed by atoms with Crippen LogP contribution in [-0.2, 0) is 4.79 Å². The molecular formula is C17H16N4O2. The second-order valence-corrected chi connectivity index (χ2v) is 5.13. The van der Waals surface area contributed by atoms with Crippen LogP contribution >= 0.6 is 0 Å². The number of para-hydroxylation sites is 2. The van der Waals surface area contributed by atoms with Crippen molar-refractivity contribution >= 4 is 29.3 Å². The summed E-state index contributed by atoms with van der Waals surface area (Å²) in [6.45, 7) is 1.78. The van der Waals surface area contributed by atoms with Gasteiger partial charge in [-0.15, -0.1) is 0 Å². The maximum atomic E-state index is 12.5. The number of benzene rings is 2. The summed E-state index contributed by atoms with van der Waals surface area (Å²) in [4.78, 5) is 23.6. The highest BCUT2D eigenvalue weighted by Gasteiger charge is 2.34. The van der Waals surface area contributed by atoms with Crippen molar-refractivity contribution < 1.29 is 9.59 Å². The number of amides is 1. The first kappa shape index (κ1) is 14.9. The van der Waals surface area contributed by atoms with E-state index in [2.05, 4.69) is 16.0 Å². The summed E-state index contributed by atoms with van der Waals surface area (Å²) < 4.78 is 0. The van der Waals surface area contributed by atoms with Crippen LogP contribution < -0.4 is 15.9 Å². The summed E-state index contributed by atoms with van der Waals surface area (Å²) in [5, 5.41) is 5.68. The van der Waals surface area contributed by atoms with E-state index < -0.39 is 6.04 Å². The lowest BCUT2D eigenvalue weighted by atomic mass is 10.2. The van der Waals surface area contributed by atoms with Crippen LogP contribution in [0.25, 0.3) is 0 Å². The third-order valence-electron chi connectivity index (χ3n) is 3.57. The number of carbonyl (C=O) groups excluding carboxylic acids is 2. The molecule has 2 aromatic rings. The summed E-state index contributed by atoms with van der Waals surface area (Å²) in [6.07, 6.45) is 0.762. The van der Waals surface area contributed by atoms with Gasteiger partial charge in [0.25, 0.3) is 5.91 Å². The molecule has 1 aliphatic heterocycles. The van der Waals surface area contributed by atoms with Crippen LogP contribution in [-0.4, -0.2) is 23.9 Å². The summed E-state index contributed by atoms with van der Waals surface area (Å²) in [7, 11) is 0. The van der Waals surface area contributed by atoms with Crippen molar-refractivity contribution in [3.8, 4) is 0 Å². The number of rotatable bonds is 5. The average molecular weight is 308 g/mol. The molecule has 3 rings (SSSR count). The Morgan fingerprint density at radius 2 is 1.78 bits per heavy atom. The smallest absolute Gasteiger partial charge is 0.272 e. The van der Waals surface area contributed by atoms with Gasteiger partial charge in [0.1, 0.15) is 6.04 Å². The minimum Gasteiger partial charge on any atom is -0.320 e. The summed E-state index contributed by atoms with van der Waals surface area (Å²) in [5.74, 6) is -0.176. The van der Waals surface area contributed by atoms with Crippen LogP contribution in [0.2, 0.25) is 0 Å². The Morgan fingerprint density at radius 1 is 1.09 bits per heavy atom. The molecule has 0 fully saturated rings. The number of anilines is 2. The first-order valence-electron chi connectivity index (χ1n) is 7.20. The van der Waals surface area contributed by atoms with Crippen molar-refractivity contribution in [1.82, 2.24) is 5.43 Å². The van der Waals surface area contributed by atoms with Crippen LogP contribution in [0.4, 0.5) is 11.4 Å². The van der Waals surface area contributed by atoms with E-state index in [-0.39, 0.29) is 5.91 Å². The first-order valence-corrected chi connectivity index (χ1v) is 7.20. The van der Waals surface area contributed by atoms with Gasteiger partial charge in [0.2, 0.25) is 0 Å². The highest BCUT2D eigenvalue weighted by molar-refractivity contribution is 6.18. The summed E-state index contributed by atoms with van der Waals surface area (Å²) in [6, 6.07) is 15.7. The Morgan fingerprint density at radius 3 is 2.52 bits per heavy atom. The predicted molar refractivity (Wildman–Crippen MR) is 89.4 cm³/mol. The minimum absolute atomic E-state index is 0.176. The maximum absolute atomic E-state index is 12.5. The normalized spacial score (nSPS) is 17.1. The lowest BCUT2D eigenvalue weighted by Crippen LogP contribution is -2.45. The number of aldehydes is 1. The van der Waals surface area contributed by atoms with E-state index in [1.807, 2.05) is 36.4 Å². The molecule has 1 heterocycles. The van der Waals surface area contributed by atoms with Gasteiger partial charge in [-0.25, -0.2) is 5.43 Å². The van der Waals surface area contributed by atoms with Gasteiger partial charge in [-0.2, -0.15) is 10.1 Å². The molecule has 0 aliphatic carbocycles. The molecule has 0 radical (unpaired) electrons. The van der Waals surface area contributed by atoms with E-state index in [4.69, 9.17) is 0 Å². The molecule has 0 spiro atoms. The quantitative estimate of drug-likeness (QED) is 0.656. The van der Waals surface area contributed by atoms with E-state index >= 15 is 0 Å². The number of nitrogens with zero attached hydrogens (tertiary/aromatic N) is 2. The molecule has 1 amide bonds. The molecule has 0 aromatic heterocycles. The van der Waals surface area contributed by atoms with Gasteiger partial charge in [-0.1, -0.05) is 30.3 Å². The molecule has 6 nitrogen and oxygen atoms in total. The number of hydrogen-bond donors (Lipinski definition) is 2. The fourth-order valence-electron chi connectivity index (χ4n) is 2.35. The van der Waals surface area contributed by atoms with E-state index in [0.717, 1.165) is 12.0 Å². The van der Waals surface area contributed by atoms with E-state index in [1.54, 1.807) is 25.1 Å². The molecule has 0 saturated heterocycles. The minimum atomic E-state index is -0.588. The zero-order chi connectivity index (χ0) is 16.2. The molecular weight excluding hydrogens is 292 g/mol. The lowest BCUT2D eigenvalue weighted by Gasteiger charge is -2.17. The highest BCUT2D eigenvalue weighted by Crippen LogP contribution is 2.20. The van der Waals surface area contributed by atoms with Crippen molar-refractivity contribution in [2.24, 2.45) is 5.10 Å². The van der Waals surface area contributed by atoms with Gasteiger partial charge in [0.05, 0.1) is 17.1 Å². The Bertz CT molecular complexity index is 758. The van der Waals surface area contributed by atoms with Gasteiger partial charge in [0.15, 0.2) is 6.29 Å². The standard InChI is InChI=1S/C17H16N4O2/c1-12-16(19-18-15-10-6-5-7-13(15)11-22)17(23)21(20-12)14-8-3-2-4-9-14/h2-11,16,18-19H,1H3. The van der Waals surface area contributed by atoms with Crippen LogP contribution in [0.3, 0.4) is 0 Å². The van der Waals surface area contributed by atoms with Crippen molar-refractivity contribution in [2.75, 3.05) is 10.4 Å². The molecule has 6 heteroatoms. The highest BCUT2D eigenvalue weighted by atomic mass is 16.2. The maximum Gasteiger partial charge on any atom is 0.272 e. The van der Waals surface area contributed by atoms with Crippen LogP contribution in [0.1, 0.15) is 17.3 Å². The van der Waals surface area contributed by atoms with E-state index in [0.29, 0.717) is 17.0 Å². The zero-order valence-corrected chi connectivity index (χ0v) is 12.6. The second-order valence-electron chi connectivity index (χ2n) is 5.13.